The molecule has 0 aliphatic carbocycles. The number of rotatable bonds is 4. The Morgan fingerprint density at radius 2 is 1.76 bits per heavy atom. The van der Waals surface area contributed by atoms with E-state index in [1.807, 2.05) is 42.7 Å². The Kier molecular flexibility index (Phi) is 4.73. The van der Waals surface area contributed by atoms with Crippen LogP contribution in [0.2, 0.25) is 0 Å². The second-order valence-electron chi connectivity index (χ2n) is 8.12. The van der Waals surface area contributed by atoms with Crippen molar-refractivity contribution in [2.45, 2.75) is 20.4 Å². The SMILES string of the molecule is Cc1cc(C(=O)Cn2cnc3c2c(=O)n(C)c(=O)n3C)c(C)n1-c1ccc2c(c1)OCCO2. The Balaban J connectivity index is 1.53. The minimum atomic E-state index is -0.486. The smallest absolute Gasteiger partial charge is 0.332 e. The molecular formula is C23H23N5O5. The number of aryl methyl sites for hydroxylation is 2. The number of carbonyl (C=O) groups is 1. The van der Waals surface area contributed by atoms with Gasteiger partial charge in [-0.25, -0.2) is 9.78 Å². The van der Waals surface area contributed by atoms with E-state index in [2.05, 4.69) is 4.98 Å². The summed E-state index contributed by atoms with van der Waals surface area (Å²) in [6, 6.07) is 7.52. The van der Waals surface area contributed by atoms with Gasteiger partial charge in [-0.3, -0.25) is 18.7 Å². The fraction of sp³-hybridized carbons (Fsp3) is 0.304. The Bertz CT molecular complexity index is 1550. The van der Waals surface area contributed by atoms with Crippen molar-refractivity contribution in [3.05, 3.63) is 68.4 Å². The fourth-order valence-electron chi connectivity index (χ4n) is 4.37. The molecule has 0 saturated heterocycles. The van der Waals surface area contributed by atoms with Gasteiger partial charge in [-0.2, -0.15) is 0 Å². The lowest BCUT2D eigenvalue weighted by atomic mass is 10.1. The van der Waals surface area contributed by atoms with Crippen LogP contribution in [0.4, 0.5) is 0 Å². The summed E-state index contributed by atoms with van der Waals surface area (Å²) in [6.07, 6.45) is 1.42. The van der Waals surface area contributed by atoms with E-state index in [9.17, 15) is 14.4 Å². The summed E-state index contributed by atoms with van der Waals surface area (Å²) in [4.78, 5) is 42.3. The number of nitrogens with zero attached hydrogens (tertiary/aromatic N) is 5. The number of carbonyl (C=O) groups excluding carboxylic acids is 1. The van der Waals surface area contributed by atoms with Crippen molar-refractivity contribution in [2.24, 2.45) is 14.1 Å². The van der Waals surface area contributed by atoms with E-state index in [-0.39, 0.29) is 23.5 Å². The number of Topliss-reactive ketones (excluding diaryl/α,β-unsaturated/α-hetero) is 1. The molecule has 4 heterocycles. The van der Waals surface area contributed by atoms with Crippen molar-refractivity contribution in [1.82, 2.24) is 23.3 Å². The molecule has 0 saturated carbocycles. The number of ketones is 1. The first-order valence-corrected chi connectivity index (χ1v) is 10.5. The normalized spacial score (nSPS) is 13.0. The summed E-state index contributed by atoms with van der Waals surface area (Å²) < 4.78 is 17.1. The standard InChI is InChI=1S/C23H23N5O5/c1-13-9-16(14(2)28(13)15-5-6-18-19(10-15)33-8-7-32-18)17(29)11-27-12-24-21-20(27)22(30)26(4)23(31)25(21)3/h5-6,9-10,12H,7-8,11H2,1-4H3. The Hall–Kier alpha value is -4.08. The summed E-state index contributed by atoms with van der Waals surface area (Å²) in [5.41, 5.74) is 2.59. The van der Waals surface area contributed by atoms with Crippen LogP contribution in [0, 0.1) is 13.8 Å². The number of hydrogen-bond acceptors (Lipinski definition) is 6. The van der Waals surface area contributed by atoms with Crippen LogP contribution < -0.4 is 20.7 Å². The van der Waals surface area contributed by atoms with Crippen molar-refractivity contribution in [3.8, 4) is 17.2 Å². The third-order valence-corrected chi connectivity index (χ3v) is 6.05. The average molecular weight is 449 g/mol. The summed E-state index contributed by atoms with van der Waals surface area (Å²) in [6.45, 7) is 4.75. The van der Waals surface area contributed by atoms with Crippen LogP contribution in [0.1, 0.15) is 21.7 Å². The number of fused-ring (bicyclic) bond motifs is 2. The van der Waals surface area contributed by atoms with Gasteiger partial charge in [-0.15, -0.1) is 0 Å². The summed E-state index contributed by atoms with van der Waals surface area (Å²) in [5, 5.41) is 0. The molecule has 5 rings (SSSR count). The van der Waals surface area contributed by atoms with E-state index < -0.39 is 11.2 Å². The van der Waals surface area contributed by atoms with Gasteiger partial charge in [0.25, 0.3) is 5.56 Å². The molecule has 0 amide bonds. The van der Waals surface area contributed by atoms with E-state index in [0.717, 1.165) is 21.6 Å². The van der Waals surface area contributed by atoms with Crippen molar-refractivity contribution >= 4 is 16.9 Å². The molecule has 0 bridgehead atoms. The van der Waals surface area contributed by atoms with Crippen LogP contribution in [0.3, 0.4) is 0 Å². The predicted octanol–water partition coefficient (Wildman–Crippen LogP) is 1.50. The second-order valence-corrected chi connectivity index (χ2v) is 8.12. The molecule has 4 aromatic rings. The van der Waals surface area contributed by atoms with Gasteiger partial charge in [0.2, 0.25) is 0 Å². The Morgan fingerprint density at radius 1 is 1.03 bits per heavy atom. The average Bonchev–Trinajstić information content (AvgIpc) is 3.36. The maximum Gasteiger partial charge on any atom is 0.332 e. The lowest BCUT2D eigenvalue weighted by Gasteiger charge is -2.20. The number of ether oxygens (including phenoxy) is 2. The first-order chi connectivity index (χ1) is 15.8. The van der Waals surface area contributed by atoms with Crippen LogP contribution in [0.15, 0.2) is 40.2 Å². The van der Waals surface area contributed by atoms with Crippen molar-refractivity contribution in [3.63, 3.8) is 0 Å². The summed E-state index contributed by atoms with van der Waals surface area (Å²) in [7, 11) is 2.95. The van der Waals surface area contributed by atoms with Crippen molar-refractivity contribution < 1.29 is 14.3 Å². The number of aromatic nitrogens is 5. The van der Waals surface area contributed by atoms with Gasteiger partial charge in [0.15, 0.2) is 28.4 Å². The molecule has 0 N–H and O–H groups in total. The highest BCUT2D eigenvalue weighted by molar-refractivity contribution is 5.98. The molecule has 3 aromatic heterocycles. The highest BCUT2D eigenvalue weighted by atomic mass is 16.6. The molecule has 0 atom stereocenters. The Labute approximate surface area is 188 Å². The quantitative estimate of drug-likeness (QED) is 0.438. The monoisotopic (exact) mass is 449 g/mol. The maximum absolute atomic E-state index is 13.3. The summed E-state index contributed by atoms with van der Waals surface area (Å²) in [5.74, 6) is 1.21. The third kappa shape index (κ3) is 3.17. The minimum absolute atomic E-state index is 0.0740. The lowest BCUT2D eigenvalue weighted by Crippen LogP contribution is -2.37. The zero-order valence-corrected chi connectivity index (χ0v) is 18.8. The second kappa shape index (κ2) is 7.51. The van der Waals surface area contributed by atoms with Gasteiger partial charge in [0.1, 0.15) is 13.2 Å². The van der Waals surface area contributed by atoms with Gasteiger partial charge in [-0.1, -0.05) is 0 Å². The molecule has 10 heteroatoms. The highest BCUT2D eigenvalue weighted by Gasteiger charge is 2.21. The van der Waals surface area contributed by atoms with Crippen LogP contribution in [-0.4, -0.2) is 42.2 Å². The van der Waals surface area contributed by atoms with Crippen LogP contribution >= 0.6 is 0 Å². The molecular weight excluding hydrogens is 426 g/mol. The molecule has 0 radical (unpaired) electrons. The topological polar surface area (TPSA) is 102 Å². The molecule has 0 spiro atoms. The largest absolute Gasteiger partial charge is 0.486 e. The molecule has 170 valence electrons. The number of imidazole rings is 1. The molecule has 1 aromatic carbocycles. The molecule has 1 aliphatic heterocycles. The molecule has 1 aliphatic rings. The third-order valence-electron chi connectivity index (χ3n) is 6.05. The van der Waals surface area contributed by atoms with E-state index >= 15 is 0 Å². The lowest BCUT2D eigenvalue weighted by molar-refractivity contribution is 0.0972. The van der Waals surface area contributed by atoms with Crippen LogP contribution in [0.25, 0.3) is 16.9 Å². The van der Waals surface area contributed by atoms with Crippen molar-refractivity contribution in [1.29, 1.82) is 0 Å². The van der Waals surface area contributed by atoms with E-state index in [0.29, 0.717) is 30.3 Å². The van der Waals surface area contributed by atoms with Crippen LogP contribution in [0.5, 0.6) is 11.5 Å². The zero-order valence-electron chi connectivity index (χ0n) is 18.8. The van der Waals surface area contributed by atoms with Gasteiger partial charge in [0.05, 0.1) is 12.9 Å². The van der Waals surface area contributed by atoms with E-state index in [4.69, 9.17) is 9.47 Å². The zero-order chi connectivity index (χ0) is 23.4. The van der Waals surface area contributed by atoms with Gasteiger partial charge >= 0.3 is 5.69 Å². The minimum Gasteiger partial charge on any atom is -0.486 e. The number of hydrogen-bond donors (Lipinski definition) is 0. The highest BCUT2D eigenvalue weighted by Crippen LogP contribution is 2.33. The fourth-order valence-corrected chi connectivity index (χ4v) is 4.37. The first kappa shape index (κ1) is 20.8. The maximum atomic E-state index is 13.3. The number of benzene rings is 1. The molecule has 33 heavy (non-hydrogen) atoms. The predicted molar refractivity (Wildman–Crippen MR) is 121 cm³/mol. The van der Waals surface area contributed by atoms with Crippen molar-refractivity contribution in [2.75, 3.05) is 13.2 Å². The molecule has 0 unspecified atom stereocenters. The van der Waals surface area contributed by atoms with E-state index in [1.54, 1.807) is 7.05 Å². The summed E-state index contributed by atoms with van der Waals surface area (Å²) >= 11 is 0. The van der Waals surface area contributed by atoms with Gasteiger partial charge < -0.3 is 18.6 Å². The Morgan fingerprint density at radius 3 is 2.52 bits per heavy atom. The van der Waals surface area contributed by atoms with Gasteiger partial charge in [0, 0.05) is 42.8 Å². The first-order valence-electron chi connectivity index (χ1n) is 10.5. The molecule has 0 fully saturated rings. The van der Waals surface area contributed by atoms with Crippen LogP contribution in [-0.2, 0) is 20.6 Å². The van der Waals surface area contributed by atoms with Gasteiger partial charge in [-0.05, 0) is 32.0 Å². The molecule has 10 nitrogen and oxygen atoms in total. The van der Waals surface area contributed by atoms with E-state index in [1.165, 1.54) is 22.5 Å².